The summed E-state index contributed by atoms with van der Waals surface area (Å²) in [5.41, 5.74) is 3.47. The van der Waals surface area contributed by atoms with Crippen molar-refractivity contribution < 1.29 is 9.84 Å². The number of hydrogen-bond donors (Lipinski definition) is 1. The predicted octanol–water partition coefficient (Wildman–Crippen LogP) is 2.59. The second-order valence-electron chi connectivity index (χ2n) is 6.28. The third-order valence-electron chi connectivity index (χ3n) is 4.80. The molecule has 110 valence electrons. The average Bonchev–Trinajstić information content (AvgIpc) is 2.91. The molecule has 20 heavy (non-hydrogen) atoms. The lowest BCUT2D eigenvalue weighted by molar-refractivity contribution is -0.0675. The van der Waals surface area contributed by atoms with E-state index in [1.54, 1.807) is 0 Å². The van der Waals surface area contributed by atoms with E-state index in [1.807, 2.05) is 0 Å². The molecule has 1 N–H and O–H groups in total. The normalized spacial score (nSPS) is 28.4. The third-order valence-corrected chi connectivity index (χ3v) is 4.80. The summed E-state index contributed by atoms with van der Waals surface area (Å²) in [6, 6.07) is 6.84. The average molecular weight is 275 g/mol. The number of hydrogen-bond acceptors (Lipinski definition) is 3. The number of ether oxygens (including phenoxy) is 1. The van der Waals surface area contributed by atoms with Gasteiger partial charge < -0.3 is 9.84 Å². The first-order valence-corrected chi connectivity index (χ1v) is 7.76. The van der Waals surface area contributed by atoms with E-state index in [0.717, 1.165) is 25.3 Å². The molecular weight excluding hydrogens is 250 g/mol. The predicted molar refractivity (Wildman–Crippen MR) is 79.8 cm³/mol. The molecule has 1 heterocycles. The highest BCUT2D eigenvalue weighted by Crippen LogP contribution is 2.31. The minimum Gasteiger partial charge on any atom is -0.387 e. The molecule has 1 saturated heterocycles. The van der Waals surface area contributed by atoms with Gasteiger partial charge in [-0.2, -0.15) is 0 Å². The van der Waals surface area contributed by atoms with Gasteiger partial charge in [0, 0.05) is 19.1 Å². The molecular formula is C17H25NO2. The van der Waals surface area contributed by atoms with Crippen LogP contribution in [0.3, 0.4) is 0 Å². The fourth-order valence-electron chi connectivity index (χ4n) is 3.67. The summed E-state index contributed by atoms with van der Waals surface area (Å²) in [5.74, 6) is 0. The molecule has 3 nitrogen and oxygen atoms in total. The highest BCUT2D eigenvalue weighted by Gasteiger charge is 2.36. The van der Waals surface area contributed by atoms with Gasteiger partial charge in [0.05, 0.1) is 18.8 Å². The summed E-state index contributed by atoms with van der Waals surface area (Å²) < 4.78 is 5.84. The van der Waals surface area contributed by atoms with Crippen LogP contribution in [0.25, 0.3) is 0 Å². The van der Waals surface area contributed by atoms with Crippen LogP contribution in [0.15, 0.2) is 18.2 Å². The van der Waals surface area contributed by atoms with Crippen LogP contribution in [-0.4, -0.2) is 41.8 Å². The van der Waals surface area contributed by atoms with E-state index in [2.05, 4.69) is 36.9 Å². The molecule has 1 aromatic carbocycles. The first-order valence-electron chi connectivity index (χ1n) is 7.76. The number of β-amino-alcohol motifs (C(OH)–C–C–N with tert-alkyl or cyclic N) is 1. The van der Waals surface area contributed by atoms with Crippen molar-refractivity contribution in [3.8, 4) is 0 Å². The summed E-state index contributed by atoms with van der Waals surface area (Å²) in [4.78, 5) is 2.44. The molecule has 1 saturated carbocycles. The van der Waals surface area contributed by atoms with E-state index in [0.29, 0.717) is 12.1 Å². The largest absolute Gasteiger partial charge is 0.387 e. The van der Waals surface area contributed by atoms with E-state index in [-0.39, 0.29) is 0 Å². The molecule has 0 aromatic heterocycles. The van der Waals surface area contributed by atoms with Crippen LogP contribution in [0.5, 0.6) is 0 Å². The van der Waals surface area contributed by atoms with Crippen LogP contribution < -0.4 is 0 Å². The lowest BCUT2D eigenvalue weighted by Gasteiger charge is -2.38. The highest BCUT2D eigenvalue weighted by atomic mass is 16.5. The van der Waals surface area contributed by atoms with E-state index in [1.165, 1.54) is 30.4 Å². The van der Waals surface area contributed by atoms with Gasteiger partial charge in [-0.05, 0) is 44.2 Å². The molecule has 0 spiro atoms. The second-order valence-corrected chi connectivity index (χ2v) is 6.28. The maximum absolute atomic E-state index is 10.6. The molecule has 1 aliphatic heterocycles. The monoisotopic (exact) mass is 275 g/mol. The lowest BCUT2D eigenvalue weighted by atomic mass is 9.99. The van der Waals surface area contributed by atoms with Gasteiger partial charge in [0.1, 0.15) is 0 Å². The first-order chi connectivity index (χ1) is 9.65. The minimum atomic E-state index is -0.394. The number of nitrogens with zero attached hydrogens (tertiary/aromatic N) is 1. The number of morpholine rings is 1. The maximum Gasteiger partial charge on any atom is 0.0919 e. The molecule has 3 unspecified atom stereocenters. The van der Waals surface area contributed by atoms with Gasteiger partial charge in [-0.15, -0.1) is 0 Å². The van der Waals surface area contributed by atoms with Crippen molar-refractivity contribution in [1.29, 1.82) is 0 Å². The quantitative estimate of drug-likeness (QED) is 0.920. The van der Waals surface area contributed by atoms with Crippen LogP contribution >= 0.6 is 0 Å². The van der Waals surface area contributed by atoms with Gasteiger partial charge in [0.15, 0.2) is 0 Å². The standard InChI is InChI=1S/C17H25NO2/c1-12-6-7-13(2)14(10-12)16(19)11-18-8-9-20-17-5-3-4-15(17)18/h6-7,10,15-17,19H,3-5,8-9,11H2,1-2H3. The summed E-state index contributed by atoms with van der Waals surface area (Å²) in [6.07, 6.45) is 3.65. The number of aryl methyl sites for hydroxylation is 2. The Hall–Kier alpha value is -0.900. The number of fused-ring (bicyclic) bond motifs is 1. The summed E-state index contributed by atoms with van der Waals surface area (Å²) in [5, 5.41) is 10.6. The zero-order valence-electron chi connectivity index (χ0n) is 12.5. The van der Waals surface area contributed by atoms with Crippen LogP contribution in [-0.2, 0) is 4.74 Å². The maximum atomic E-state index is 10.6. The van der Waals surface area contributed by atoms with Crippen molar-refractivity contribution in [1.82, 2.24) is 4.90 Å². The summed E-state index contributed by atoms with van der Waals surface area (Å²) >= 11 is 0. The van der Waals surface area contributed by atoms with Crippen LogP contribution in [0.4, 0.5) is 0 Å². The molecule has 2 aliphatic rings. The molecule has 3 atom stereocenters. The zero-order valence-corrected chi connectivity index (χ0v) is 12.5. The van der Waals surface area contributed by atoms with E-state index in [4.69, 9.17) is 4.74 Å². The topological polar surface area (TPSA) is 32.7 Å². The van der Waals surface area contributed by atoms with Crippen molar-refractivity contribution in [3.05, 3.63) is 34.9 Å². The Morgan fingerprint density at radius 2 is 2.20 bits per heavy atom. The number of aliphatic hydroxyl groups is 1. The summed E-state index contributed by atoms with van der Waals surface area (Å²) in [7, 11) is 0. The van der Waals surface area contributed by atoms with Gasteiger partial charge in [-0.3, -0.25) is 4.90 Å². The zero-order chi connectivity index (χ0) is 14.1. The lowest BCUT2D eigenvalue weighted by Crippen LogP contribution is -2.49. The minimum absolute atomic E-state index is 0.394. The number of benzene rings is 1. The Kier molecular flexibility index (Phi) is 4.11. The van der Waals surface area contributed by atoms with E-state index >= 15 is 0 Å². The Morgan fingerprint density at radius 1 is 1.35 bits per heavy atom. The van der Waals surface area contributed by atoms with Gasteiger partial charge in [0.2, 0.25) is 0 Å². The Balaban J connectivity index is 1.71. The van der Waals surface area contributed by atoms with Gasteiger partial charge in [-0.1, -0.05) is 23.8 Å². The van der Waals surface area contributed by atoms with Crippen LogP contribution in [0, 0.1) is 13.8 Å². The second kappa shape index (κ2) is 5.84. The van der Waals surface area contributed by atoms with E-state index < -0.39 is 6.10 Å². The fraction of sp³-hybridized carbons (Fsp3) is 0.647. The molecule has 0 amide bonds. The molecule has 2 fully saturated rings. The first kappa shape index (κ1) is 14.1. The molecule has 1 aromatic rings. The fourth-order valence-corrected chi connectivity index (χ4v) is 3.67. The number of rotatable bonds is 3. The van der Waals surface area contributed by atoms with Crippen LogP contribution in [0.1, 0.15) is 42.1 Å². The molecule has 3 heteroatoms. The highest BCUT2D eigenvalue weighted by molar-refractivity contribution is 5.32. The van der Waals surface area contributed by atoms with Crippen molar-refractivity contribution in [2.45, 2.75) is 51.4 Å². The smallest absolute Gasteiger partial charge is 0.0919 e. The summed E-state index contributed by atoms with van der Waals surface area (Å²) in [6.45, 7) is 6.64. The third kappa shape index (κ3) is 2.76. The van der Waals surface area contributed by atoms with Gasteiger partial charge in [0.25, 0.3) is 0 Å². The van der Waals surface area contributed by atoms with E-state index in [9.17, 15) is 5.11 Å². The van der Waals surface area contributed by atoms with Crippen molar-refractivity contribution in [2.24, 2.45) is 0 Å². The van der Waals surface area contributed by atoms with Gasteiger partial charge in [-0.25, -0.2) is 0 Å². The molecule has 0 bridgehead atoms. The molecule has 0 radical (unpaired) electrons. The van der Waals surface area contributed by atoms with Crippen molar-refractivity contribution in [2.75, 3.05) is 19.7 Å². The van der Waals surface area contributed by atoms with Gasteiger partial charge >= 0.3 is 0 Å². The Labute approximate surface area is 121 Å². The molecule has 1 aliphatic carbocycles. The Bertz CT molecular complexity index is 474. The molecule has 3 rings (SSSR count). The Morgan fingerprint density at radius 3 is 3.05 bits per heavy atom. The number of aliphatic hydroxyl groups excluding tert-OH is 1. The van der Waals surface area contributed by atoms with Crippen molar-refractivity contribution in [3.63, 3.8) is 0 Å². The van der Waals surface area contributed by atoms with Crippen molar-refractivity contribution >= 4 is 0 Å². The SMILES string of the molecule is Cc1ccc(C)c(C(O)CN2CCOC3CCCC32)c1. The van der Waals surface area contributed by atoms with Crippen LogP contribution in [0.2, 0.25) is 0 Å².